The van der Waals surface area contributed by atoms with Crippen molar-refractivity contribution in [3.05, 3.63) is 0 Å². The van der Waals surface area contributed by atoms with Gasteiger partial charge in [-0.15, -0.1) is 0 Å². The number of hydrogen-bond acceptors (Lipinski definition) is 6. The van der Waals surface area contributed by atoms with Crippen LogP contribution in [0.15, 0.2) is 4.99 Å². The minimum Gasteiger partial charge on any atom is -0.444 e. The summed E-state index contributed by atoms with van der Waals surface area (Å²) >= 11 is 0. The zero-order chi connectivity index (χ0) is 24.5. The molecule has 1 rings (SSSR count). The molecule has 3 N–H and O–H groups in total. The maximum Gasteiger partial charge on any atom is 0.414 e. The fourth-order valence-corrected chi connectivity index (χ4v) is 3.26. The van der Waals surface area contributed by atoms with Crippen molar-refractivity contribution >= 4 is 24.1 Å². The molecule has 0 bridgehead atoms. The number of hydrogen-bond donors (Lipinski definition) is 3. The second kappa shape index (κ2) is 12.1. The maximum absolute atomic E-state index is 13.0. The summed E-state index contributed by atoms with van der Waals surface area (Å²) < 4.78 is 10.5. The van der Waals surface area contributed by atoms with Gasteiger partial charge in [-0.05, 0) is 66.7 Å². The summed E-state index contributed by atoms with van der Waals surface area (Å²) in [6.45, 7) is 14.3. The number of nitrogens with one attached hydrogen (secondary N) is 3. The van der Waals surface area contributed by atoms with Crippen LogP contribution < -0.4 is 16.0 Å². The summed E-state index contributed by atoms with van der Waals surface area (Å²) in [6, 6.07) is -0.654. The molecule has 0 spiro atoms. The van der Waals surface area contributed by atoms with Gasteiger partial charge in [0.05, 0.1) is 0 Å². The fraction of sp³-hybridized carbons (Fsp3) is 0.826. The van der Waals surface area contributed by atoms with Gasteiger partial charge in [0.2, 0.25) is 11.9 Å². The lowest BCUT2D eigenvalue weighted by Crippen LogP contribution is -2.49. The van der Waals surface area contributed by atoms with E-state index in [-0.39, 0.29) is 23.8 Å². The van der Waals surface area contributed by atoms with Crippen LogP contribution in [0.2, 0.25) is 0 Å². The van der Waals surface area contributed by atoms with Crippen molar-refractivity contribution in [3.63, 3.8) is 0 Å². The molecule has 1 aliphatic carbocycles. The molecule has 0 saturated heterocycles. The molecule has 0 radical (unpaired) electrons. The van der Waals surface area contributed by atoms with E-state index in [1.807, 2.05) is 13.8 Å². The van der Waals surface area contributed by atoms with Gasteiger partial charge in [-0.2, -0.15) is 0 Å². The normalized spacial score (nSPS) is 16.0. The van der Waals surface area contributed by atoms with Crippen LogP contribution in [0, 0.1) is 5.92 Å². The highest BCUT2D eigenvalue weighted by Gasteiger charge is 2.26. The molecule has 9 heteroatoms. The van der Waals surface area contributed by atoms with E-state index >= 15 is 0 Å². The van der Waals surface area contributed by atoms with Crippen molar-refractivity contribution < 1.29 is 23.9 Å². The van der Waals surface area contributed by atoms with Crippen molar-refractivity contribution in [3.8, 4) is 0 Å². The lowest BCUT2D eigenvalue weighted by molar-refractivity contribution is -0.123. The predicted octanol–water partition coefficient (Wildman–Crippen LogP) is 4.26. The molecule has 32 heavy (non-hydrogen) atoms. The van der Waals surface area contributed by atoms with Crippen LogP contribution in [0.5, 0.6) is 0 Å². The van der Waals surface area contributed by atoms with Crippen LogP contribution in [0.1, 0.15) is 93.9 Å². The molecular formula is C23H42N4O5. The Labute approximate surface area is 192 Å². The second-order valence-corrected chi connectivity index (χ2v) is 10.7. The third kappa shape index (κ3) is 12.5. The fourth-order valence-electron chi connectivity index (χ4n) is 3.26. The quantitative estimate of drug-likeness (QED) is 0.424. The molecule has 1 saturated carbocycles. The first-order valence-corrected chi connectivity index (χ1v) is 11.5. The van der Waals surface area contributed by atoms with E-state index in [1.165, 1.54) is 6.42 Å². The van der Waals surface area contributed by atoms with Gasteiger partial charge in [0.25, 0.3) is 0 Å². The van der Waals surface area contributed by atoms with Crippen LogP contribution in [0.4, 0.5) is 9.59 Å². The number of rotatable bonds is 5. The van der Waals surface area contributed by atoms with Gasteiger partial charge in [0.15, 0.2) is 0 Å². The molecular weight excluding hydrogens is 412 g/mol. The van der Waals surface area contributed by atoms with E-state index in [0.29, 0.717) is 6.42 Å². The summed E-state index contributed by atoms with van der Waals surface area (Å²) in [5, 5.41) is 7.98. The SMILES string of the molecule is CC(C)C[C@H](N=C(NC(=O)OC(C)(C)C)NC(=O)OC(C)(C)C)C(=O)NC1CCCCC1. The molecule has 3 amide bonds. The topological polar surface area (TPSA) is 118 Å². The number of carbonyl (C=O) groups excluding carboxylic acids is 3. The number of nitrogens with zero attached hydrogens (tertiary/aromatic N) is 1. The summed E-state index contributed by atoms with van der Waals surface area (Å²) in [5.74, 6) is -0.233. The summed E-state index contributed by atoms with van der Waals surface area (Å²) in [4.78, 5) is 42.0. The molecule has 0 heterocycles. The third-order valence-corrected chi connectivity index (χ3v) is 4.47. The van der Waals surface area contributed by atoms with Crippen LogP contribution >= 0.6 is 0 Å². The molecule has 0 aromatic carbocycles. The number of aliphatic imine (C=N–C) groups is 1. The van der Waals surface area contributed by atoms with Gasteiger partial charge in [-0.3, -0.25) is 15.4 Å². The smallest absolute Gasteiger partial charge is 0.414 e. The molecule has 0 unspecified atom stereocenters. The van der Waals surface area contributed by atoms with Crippen molar-refractivity contribution in [1.82, 2.24) is 16.0 Å². The summed E-state index contributed by atoms with van der Waals surface area (Å²) in [7, 11) is 0. The summed E-state index contributed by atoms with van der Waals surface area (Å²) in [6.07, 6.45) is 4.14. The molecule has 184 valence electrons. The number of carbonyl (C=O) groups is 3. The zero-order valence-corrected chi connectivity index (χ0v) is 21.0. The first kappa shape index (κ1) is 27.7. The summed E-state index contributed by atoms with van der Waals surface area (Å²) in [5.41, 5.74) is -1.48. The monoisotopic (exact) mass is 454 g/mol. The average molecular weight is 455 g/mol. The predicted molar refractivity (Wildman–Crippen MR) is 124 cm³/mol. The molecule has 1 fully saturated rings. The molecule has 0 aromatic heterocycles. The van der Waals surface area contributed by atoms with Gasteiger partial charge >= 0.3 is 12.2 Å². The number of alkyl carbamates (subject to hydrolysis) is 2. The first-order chi connectivity index (χ1) is 14.6. The van der Waals surface area contributed by atoms with E-state index in [2.05, 4.69) is 20.9 Å². The Morgan fingerprint density at radius 2 is 1.34 bits per heavy atom. The highest BCUT2D eigenvalue weighted by Crippen LogP contribution is 2.18. The van der Waals surface area contributed by atoms with Gasteiger partial charge in [0, 0.05) is 6.04 Å². The third-order valence-electron chi connectivity index (χ3n) is 4.47. The van der Waals surface area contributed by atoms with Gasteiger partial charge in [0.1, 0.15) is 17.2 Å². The van der Waals surface area contributed by atoms with Gasteiger partial charge < -0.3 is 14.8 Å². The van der Waals surface area contributed by atoms with E-state index in [4.69, 9.17) is 9.47 Å². The average Bonchev–Trinajstić information content (AvgIpc) is 2.58. The Kier molecular flexibility index (Phi) is 10.4. The Hall–Kier alpha value is -2.32. The minimum absolute atomic E-state index is 0.127. The Balaban J connectivity index is 3.07. The van der Waals surface area contributed by atoms with Crippen LogP contribution in [0.25, 0.3) is 0 Å². The standard InChI is InChI=1S/C23H42N4O5/c1-15(2)14-17(18(28)24-16-12-10-9-11-13-16)25-19(26-20(29)31-22(3,4)5)27-21(30)32-23(6,7)8/h15-17H,9-14H2,1-8H3,(H,24,28)(H2,25,26,27,29,30)/t17-/m0/s1. The van der Waals surface area contributed by atoms with E-state index < -0.39 is 29.4 Å². The first-order valence-electron chi connectivity index (χ1n) is 11.5. The lowest BCUT2D eigenvalue weighted by atomic mass is 9.95. The molecule has 0 aliphatic heterocycles. The molecule has 9 nitrogen and oxygen atoms in total. The van der Waals surface area contributed by atoms with Crippen LogP contribution in [-0.4, -0.2) is 47.3 Å². The largest absolute Gasteiger partial charge is 0.444 e. The minimum atomic E-state index is -0.789. The Morgan fingerprint density at radius 1 is 0.875 bits per heavy atom. The highest BCUT2D eigenvalue weighted by molar-refractivity contribution is 6.02. The number of amides is 3. The van der Waals surface area contributed by atoms with E-state index in [0.717, 1.165) is 25.7 Å². The van der Waals surface area contributed by atoms with Crippen molar-refractivity contribution in [2.24, 2.45) is 10.9 Å². The van der Waals surface area contributed by atoms with Gasteiger partial charge in [-0.25, -0.2) is 14.6 Å². The van der Waals surface area contributed by atoms with E-state index in [9.17, 15) is 14.4 Å². The van der Waals surface area contributed by atoms with Crippen molar-refractivity contribution in [2.45, 2.75) is 117 Å². The molecule has 1 aliphatic rings. The molecule has 0 aromatic rings. The van der Waals surface area contributed by atoms with Crippen molar-refractivity contribution in [2.75, 3.05) is 0 Å². The van der Waals surface area contributed by atoms with Crippen molar-refractivity contribution in [1.29, 1.82) is 0 Å². The number of guanidine groups is 1. The molecule has 1 atom stereocenters. The van der Waals surface area contributed by atoms with E-state index in [1.54, 1.807) is 41.5 Å². The Morgan fingerprint density at radius 3 is 1.75 bits per heavy atom. The maximum atomic E-state index is 13.0. The highest BCUT2D eigenvalue weighted by atomic mass is 16.6. The second-order valence-electron chi connectivity index (χ2n) is 10.7. The van der Waals surface area contributed by atoms with Crippen LogP contribution in [-0.2, 0) is 14.3 Å². The zero-order valence-electron chi connectivity index (χ0n) is 21.0. The Bertz CT molecular complexity index is 639. The number of ether oxygens (including phenoxy) is 2. The van der Waals surface area contributed by atoms with Gasteiger partial charge in [-0.1, -0.05) is 33.1 Å². The van der Waals surface area contributed by atoms with Crippen LogP contribution in [0.3, 0.4) is 0 Å². The lowest BCUT2D eigenvalue weighted by Gasteiger charge is -2.26.